The Morgan fingerprint density at radius 3 is 3.00 bits per heavy atom. The van der Waals surface area contributed by atoms with Gasteiger partial charge in [0.25, 0.3) is 0 Å². The molecule has 2 N–H and O–H groups in total. The highest BCUT2D eigenvalue weighted by molar-refractivity contribution is 5.75. The molecule has 1 amide bonds. The number of rotatable bonds is 4. The van der Waals surface area contributed by atoms with Crippen LogP contribution in [0.4, 0.5) is 0 Å². The molecule has 0 aromatic carbocycles. The summed E-state index contributed by atoms with van der Waals surface area (Å²) >= 11 is 0. The molecule has 0 aromatic rings. The molecule has 4 heteroatoms. The van der Waals surface area contributed by atoms with E-state index in [2.05, 4.69) is 5.32 Å². The second kappa shape index (κ2) is 4.58. The number of carbonyl (C=O) groups excluding carboxylic acids is 1. The van der Waals surface area contributed by atoms with E-state index in [1.165, 1.54) is 0 Å². The van der Waals surface area contributed by atoms with Crippen molar-refractivity contribution in [1.29, 1.82) is 0 Å². The Hall–Kier alpha value is -0.610. The summed E-state index contributed by atoms with van der Waals surface area (Å²) in [5.41, 5.74) is -0.830. The number of nitrogens with one attached hydrogen (secondary N) is 1. The molecule has 1 atom stereocenters. The fourth-order valence-corrected chi connectivity index (χ4v) is 1.31. The molecule has 1 aliphatic rings. The summed E-state index contributed by atoms with van der Waals surface area (Å²) in [4.78, 5) is 11.1. The number of hydrogen-bond acceptors (Lipinski definition) is 3. The first-order valence-electron chi connectivity index (χ1n) is 4.73. The first-order valence-corrected chi connectivity index (χ1v) is 4.73. The third-order valence-electron chi connectivity index (χ3n) is 2.17. The van der Waals surface area contributed by atoms with Gasteiger partial charge in [-0.1, -0.05) is 6.92 Å². The van der Waals surface area contributed by atoms with Crippen LogP contribution in [-0.4, -0.2) is 36.4 Å². The van der Waals surface area contributed by atoms with E-state index in [-0.39, 0.29) is 5.91 Å². The molecule has 0 aromatic heterocycles. The van der Waals surface area contributed by atoms with Crippen molar-refractivity contribution in [1.82, 2.24) is 5.32 Å². The summed E-state index contributed by atoms with van der Waals surface area (Å²) in [5.74, 6) is 0.00262. The fourth-order valence-electron chi connectivity index (χ4n) is 1.31. The lowest BCUT2D eigenvalue weighted by atomic mass is 10.0. The van der Waals surface area contributed by atoms with Gasteiger partial charge in [0.15, 0.2) is 0 Å². The minimum atomic E-state index is -0.830. The van der Waals surface area contributed by atoms with Crippen LogP contribution in [-0.2, 0) is 9.53 Å². The van der Waals surface area contributed by atoms with Gasteiger partial charge in [-0.15, -0.1) is 0 Å². The van der Waals surface area contributed by atoms with Crippen molar-refractivity contribution in [3.8, 4) is 0 Å². The van der Waals surface area contributed by atoms with Gasteiger partial charge in [-0.3, -0.25) is 4.79 Å². The molecule has 4 nitrogen and oxygen atoms in total. The number of amides is 1. The Labute approximate surface area is 78.3 Å². The lowest BCUT2D eigenvalue weighted by Gasteiger charge is -2.20. The maximum atomic E-state index is 11.1. The fraction of sp³-hybridized carbons (Fsp3) is 0.889. The van der Waals surface area contributed by atoms with E-state index in [1.807, 2.05) is 6.92 Å². The predicted molar refractivity (Wildman–Crippen MR) is 48.3 cm³/mol. The molecule has 0 aliphatic carbocycles. The minimum Gasteiger partial charge on any atom is -0.386 e. The Morgan fingerprint density at radius 1 is 1.69 bits per heavy atom. The van der Waals surface area contributed by atoms with Crippen molar-refractivity contribution in [3.63, 3.8) is 0 Å². The summed E-state index contributed by atoms with van der Waals surface area (Å²) in [6.45, 7) is 3.18. The molecule has 0 bridgehead atoms. The molecule has 1 saturated heterocycles. The molecule has 13 heavy (non-hydrogen) atoms. The Kier molecular flexibility index (Phi) is 3.69. The summed E-state index contributed by atoms with van der Waals surface area (Å²) in [7, 11) is 0. The standard InChI is InChI=1S/C9H17NO3/c1-2-3-8(11)10-6-9(12)4-5-13-7-9/h12H,2-7H2,1H3,(H,10,11). The van der Waals surface area contributed by atoms with Gasteiger partial charge in [0.05, 0.1) is 6.61 Å². The number of ether oxygens (including phenoxy) is 1. The second-order valence-electron chi connectivity index (χ2n) is 3.55. The van der Waals surface area contributed by atoms with Crippen molar-refractivity contribution in [2.75, 3.05) is 19.8 Å². The van der Waals surface area contributed by atoms with Crippen LogP contribution in [0.15, 0.2) is 0 Å². The zero-order valence-electron chi connectivity index (χ0n) is 8.01. The molecule has 0 spiro atoms. The van der Waals surface area contributed by atoms with Crippen LogP contribution in [0, 0.1) is 0 Å². The van der Waals surface area contributed by atoms with Gasteiger partial charge in [0, 0.05) is 26.0 Å². The molecule has 1 heterocycles. The number of hydrogen-bond donors (Lipinski definition) is 2. The van der Waals surface area contributed by atoms with Crippen LogP contribution in [0.25, 0.3) is 0 Å². The topological polar surface area (TPSA) is 58.6 Å². The maximum Gasteiger partial charge on any atom is 0.220 e. The molecular formula is C9H17NO3. The average Bonchev–Trinajstić information content (AvgIpc) is 2.51. The van der Waals surface area contributed by atoms with Crippen molar-refractivity contribution < 1.29 is 14.6 Å². The highest BCUT2D eigenvalue weighted by atomic mass is 16.5. The van der Waals surface area contributed by atoms with Gasteiger partial charge in [-0.25, -0.2) is 0 Å². The molecule has 76 valence electrons. The first-order chi connectivity index (χ1) is 6.16. The van der Waals surface area contributed by atoms with Gasteiger partial charge in [0.2, 0.25) is 5.91 Å². The van der Waals surface area contributed by atoms with E-state index in [9.17, 15) is 9.90 Å². The summed E-state index contributed by atoms with van der Waals surface area (Å²) in [5, 5.41) is 12.5. The van der Waals surface area contributed by atoms with Crippen molar-refractivity contribution in [3.05, 3.63) is 0 Å². The highest BCUT2D eigenvalue weighted by Gasteiger charge is 2.32. The first kappa shape index (κ1) is 10.5. The lowest BCUT2D eigenvalue weighted by Crippen LogP contribution is -2.43. The Morgan fingerprint density at radius 2 is 2.46 bits per heavy atom. The maximum absolute atomic E-state index is 11.1. The highest BCUT2D eigenvalue weighted by Crippen LogP contribution is 2.16. The predicted octanol–water partition coefficient (Wildman–Crippen LogP) is 0.0541. The summed E-state index contributed by atoms with van der Waals surface area (Å²) < 4.78 is 5.05. The number of carbonyl (C=O) groups is 1. The smallest absolute Gasteiger partial charge is 0.220 e. The van der Waals surface area contributed by atoms with E-state index in [4.69, 9.17) is 4.74 Å². The van der Waals surface area contributed by atoms with E-state index >= 15 is 0 Å². The number of aliphatic hydroxyl groups is 1. The SMILES string of the molecule is CCCC(=O)NCC1(O)CCOC1. The molecule has 1 fully saturated rings. The van der Waals surface area contributed by atoms with Gasteiger partial charge < -0.3 is 15.2 Å². The third-order valence-corrected chi connectivity index (χ3v) is 2.17. The molecule has 0 radical (unpaired) electrons. The zero-order chi connectivity index (χ0) is 9.73. The van der Waals surface area contributed by atoms with Crippen LogP contribution >= 0.6 is 0 Å². The van der Waals surface area contributed by atoms with Crippen LogP contribution < -0.4 is 5.32 Å². The minimum absolute atomic E-state index is 0.00262. The molecule has 0 saturated carbocycles. The monoisotopic (exact) mass is 187 g/mol. The quantitative estimate of drug-likeness (QED) is 0.654. The molecular weight excluding hydrogens is 170 g/mol. The Balaban J connectivity index is 2.21. The van der Waals surface area contributed by atoms with E-state index in [0.29, 0.717) is 32.6 Å². The average molecular weight is 187 g/mol. The van der Waals surface area contributed by atoms with Crippen LogP contribution in [0.5, 0.6) is 0 Å². The third kappa shape index (κ3) is 3.32. The van der Waals surface area contributed by atoms with Crippen LogP contribution in [0.3, 0.4) is 0 Å². The van der Waals surface area contributed by atoms with Crippen LogP contribution in [0.2, 0.25) is 0 Å². The van der Waals surface area contributed by atoms with E-state index in [0.717, 1.165) is 6.42 Å². The van der Waals surface area contributed by atoms with Crippen molar-refractivity contribution in [2.45, 2.75) is 31.8 Å². The van der Waals surface area contributed by atoms with Crippen molar-refractivity contribution in [2.24, 2.45) is 0 Å². The summed E-state index contributed by atoms with van der Waals surface area (Å²) in [6.07, 6.45) is 1.97. The van der Waals surface area contributed by atoms with Crippen molar-refractivity contribution >= 4 is 5.91 Å². The van der Waals surface area contributed by atoms with Gasteiger partial charge in [-0.05, 0) is 6.42 Å². The van der Waals surface area contributed by atoms with Gasteiger partial charge in [0.1, 0.15) is 5.60 Å². The van der Waals surface area contributed by atoms with Gasteiger partial charge >= 0.3 is 0 Å². The zero-order valence-corrected chi connectivity index (χ0v) is 8.01. The van der Waals surface area contributed by atoms with Crippen LogP contribution in [0.1, 0.15) is 26.2 Å². The second-order valence-corrected chi connectivity index (χ2v) is 3.55. The normalized spacial score (nSPS) is 27.5. The van der Waals surface area contributed by atoms with Gasteiger partial charge in [-0.2, -0.15) is 0 Å². The molecule has 1 aliphatic heterocycles. The van der Waals surface area contributed by atoms with E-state index in [1.54, 1.807) is 0 Å². The van der Waals surface area contributed by atoms with E-state index < -0.39 is 5.60 Å². The lowest BCUT2D eigenvalue weighted by molar-refractivity contribution is -0.122. The molecule has 1 unspecified atom stereocenters. The Bertz CT molecular complexity index is 176. The largest absolute Gasteiger partial charge is 0.386 e. The molecule has 1 rings (SSSR count). The summed E-state index contributed by atoms with van der Waals surface area (Å²) in [6, 6.07) is 0.